The van der Waals surface area contributed by atoms with Gasteiger partial charge in [0.25, 0.3) is 0 Å². The largest absolute Gasteiger partial charge is 0.508 e. The minimum atomic E-state index is -0.939. The smallest absolute Gasteiger partial charge is 0.0446 e. The fourth-order valence-corrected chi connectivity index (χ4v) is 19.2. The van der Waals surface area contributed by atoms with Crippen molar-refractivity contribution in [3.05, 3.63) is 0 Å². The average molecular weight is 249 g/mol. The van der Waals surface area contributed by atoms with Gasteiger partial charge in [0.2, 0.25) is 0 Å². The summed E-state index contributed by atoms with van der Waals surface area (Å²) in [5.41, 5.74) is 0. The van der Waals surface area contributed by atoms with E-state index in [1.54, 1.807) is 7.82 Å². The molecular weight excluding hydrogens is 222 g/mol. The monoisotopic (exact) mass is 249 g/mol. The van der Waals surface area contributed by atoms with Crippen LogP contribution in [0.3, 0.4) is 0 Å². The Morgan fingerprint density at radius 1 is 0.786 bits per heavy atom. The first kappa shape index (κ1) is 15.1. The molecule has 0 spiro atoms. The Balaban J connectivity index is 4.78. The maximum absolute atomic E-state index is 2.49. The van der Waals surface area contributed by atoms with E-state index in [0.717, 1.165) is 0 Å². The Morgan fingerprint density at radius 3 is 1.14 bits per heavy atom. The lowest BCUT2D eigenvalue weighted by Crippen LogP contribution is -2.26. The van der Waals surface area contributed by atoms with Crippen LogP contribution in [0.1, 0.15) is 41.5 Å². The Morgan fingerprint density at radius 2 is 1.07 bits per heavy atom. The first-order chi connectivity index (χ1) is 5.84. The fourth-order valence-electron chi connectivity index (χ4n) is 1.61. The average Bonchev–Trinajstić information content (AvgIpc) is 1.75. The topological polar surface area (TPSA) is 0 Å². The second-order valence-electron chi connectivity index (χ2n) is 6.92. The predicted octanol–water partition coefficient (Wildman–Crippen LogP) is 5.76. The molecule has 0 aliphatic rings. The number of rotatable bonds is 2. The van der Waals surface area contributed by atoms with Crippen LogP contribution >= 0.6 is 15.4 Å². The lowest BCUT2D eigenvalue weighted by molar-refractivity contribution is 0.720. The van der Waals surface area contributed by atoms with E-state index in [0.29, 0.717) is 10.3 Å². The van der Waals surface area contributed by atoms with Crippen molar-refractivity contribution in [1.82, 2.24) is 0 Å². The van der Waals surface area contributed by atoms with Gasteiger partial charge in [-0.3, -0.25) is 7.61 Å². The molecule has 3 heteroatoms. The number of hydrogen-bond donors (Lipinski definition) is 0. The molecule has 0 aliphatic carbocycles. The highest BCUT2D eigenvalue weighted by Gasteiger charge is 2.27. The summed E-state index contributed by atoms with van der Waals surface area (Å²) in [6.45, 7) is 21.9. The van der Waals surface area contributed by atoms with Crippen molar-refractivity contribution in [2.45, 2.75) is 71.5 Å². The van der Waals surface area contributed by atoms with Crippen molar-refractivity contribution >= 4 is 23.2 Å². The van der Waals surface area contributed by atoms with Crippen molar-refractivity contribution in [1.29, 1.82) is 0 Å². The SMILES string of the molecule is CC(C)(C)P([P-][Si](C)(C)C)C(C)(C)C. The Kier molecular flexibility index (Phi) is 4.87. The lowest BCUT2D eigenvalue weighted by Gasteiger charge is -2.56. The van der Waals surface area contributed by atoms with Gasteiger partial charge in [0.05, 0.1) is 0 Å². The van der Waals surface area contributed by atoms with E-state index in [-0.39, 0.29) is 7.61 Å². The van der Waals surface area contributed by atoms with E-state index in [1.165, 1.54) is 0 Å². The molecule has 0 amide bonds. The highest BCUT2D eigenvalue weighted by atomic mass is 32.2. The van der Waals surface area contributed by atoms with Gasteiger partial charge in [-0.1, -0.05) is 68.9 Å². The zero-order valence-electron chi connectivity index (χ0n) is 11.4. The first-order valence-corrected chi connectivity index (χ1v) is 12.7. The molecule has 0 aliphatic heterocycles. The molecule has 0 bridgehead atoms. The summed E-state index contributed by atoms with van der Waals surface area (Å²) in [6, 6.07) is 0. The van der Waals surface area contributed by atoms with Crippen molar-refractivity contribution in [3.63, 3.8) is 0 Å². The van der Waals surface area contributed by atoms with Gasteiger partial charge in [-0.2, -0.15) is 0 Å². The Hall–Kier alpha value is 1.08. The van der Waals surface area contributed by atoms with E-state index in [1.807, 2.05) is 0 Å². The fraction of sp³-hybridized carbons (Fsp3) is 1.00. The summed E-state index contributed by atoms with van der Waals surface area (Å²) in [4.78, 5) is 0. The van der Waals surface area contributed by atoms with Gasteiger partial charge < -0.3 is 7.82 Å². The van der Waals surface area contributed by atoms with Gasteiger partial charge in [0.15, 0.2) is 0 Å². The van der Waals surface area contributed by atoms with E-state index in [9.17, 15) is 0 Å². The normalized spacial score (nSPS) is 15.9. The minimum Gasteiger partial charge on any atom is -0.508 e. The maximum Gasteiger partial charge on any atom is -0.0446 e. The van der Waals surface area contributed by atoms with Crippen molar-refractivity contribution in [2.75, 3.05) is 0 Å². The zero-order chi connectivity index (χ0) is 11.8. The molecular formula is C11H27P2Si-. The van der Waals surface area contributed by atoms with Crippen molar-refractivity contribution < 1.29 is 0 Å². The molecule has 0 unspecified atom stereocenters. The maximum atomic E-state index is 2.49. The third-order valence-corrected chi connectivity index (χ3v) is 18.2. The van der Waals surface area contributed by atoms with Gasteiger partial charge in [-0.15, -0.1) is 0 Å². The first-order valence-electron chi connectivity index (χ1n) is 5.37. The zero-order valence-corrected chi connectivity index (χ0v) is 14.2. The van der Waals surface area contributed by atoms with Gasteiger partial charge in [-0.05, 0) is 10.3 Å². The van der Waals surface area contributed by atoms with Gasteiger partial charge in [0, 0.05) is 0 Å². The van der Waals surface area contributed by atoms with Crippen molar-refractivity contribution in [2.24, 2.45) is 0 Å². The molecule has 0 atom stereocenters. The highest BCUT2D eigenvalue weighted by Crippen LogP contribution is 2.74. The molecule has 0 aromatic carbocycles. The van der Waals surface area contributed by atoms with Gasteiger partial charge in [0.1, 0.15) is 0 Å². The van der Waals surface area contributed by atoms with Gasteiger partial charge in [-0.25, -0.2) is 0 Å². The summed E-state index contributed by atoms with van der Waals surface area (Å²) in [5.74, 6) is 0. The van der Waals surface area contributed by atoms with Gasteiger partial charge >= 0.3 is 0 Å². The second kappa shape index (κ2) is 4.52. The summed E-state index contributed by atoms with van der Waals surface area (Å²) < 4.78 is 0. The molecule has 0 aromatic heterocycles. The molecule has 0 aromatic rings. The molecule has 0 radical (unpaired) electrons. The molecule has 0 rings (SSSR count). The lowest BCUT2D eigenvalue weighted by atomic mass is 10.2. The molecule has 86 valence electrons. The molecule has 0 N–H and O–H groups in total. The van der Waals surface area contributed by atoms with Crippen LogP contribution in [0, 0.1) is 0 Å². The van der Waals surface area contributed by atoms with Crippen LogP contribution < -0.4 is 0 Å². The summed E-state index contributed by atoms with van der Waals surface area (Å²) in [6.07, 6.45) is 0. The van der Waals surface area contributed by atoms with Crippen LogP contribution in [0.25, 0.3) is 0 Å². The number of hydrogen-bond acceptors (Lipinski definition) is 0. The second-order valence-corrected chi connectivity index (χ2v) is 22.4. The molecule has 0 saturated carbocycles. The molecule has 0 heterocycles. The standard InChI is InChI=1S/C11H27P2Si/c1-10(2,3)13(11(4,5)6)12-14(7,8)9/h1-9H3/q-1. The van der Waals surface area contributed by atoms with Crippen LogP contribution in [-0.2, 0) is 0 Å². The molecule has 0 fully saturated rings. The molecule has 14 heavy (non-hydrogen) atoms. The van der Waals surface area contributed by atoms with Crippen LogP contribution in [0.2, 0.25) is 19.6 Å². The van der Waals surface area contributed by atoms with Crippen LogP contribution in [0.5, 0.6) is 0 Å². The summed E-state index contributed by atoms with van der Waals surface area (Å²) >= 11 is 0. The van der Waals surface area contributed by atoms with E-state index in [2.05, 4.69) is 61.2 Å². The minimum absolute atomic E-state index is 0.103. The molecule has 0 nitrogen and oxygen atoms in total. The Labute approximate surface area is 94.9 Å². The van der Waals surface area contributed by atoms with E-state index >= 15 is 0 Å². The van der Waals surface area contributed by atoms with E-state index < -0.39 is 7.74 Å². The van der Waals surface area contributed by atoms with Crippen LogP contribution in [-0.4, -0.2) is 18.1 Å². The quantitative estimate of drug-likeness (QED) is 0.431. The van der Waals surface area contributed by atoms with Crippen LogP contribution in [0.15, 0.2) is 0 Å². The Bertz CT molecular complexity index is 167. The third-order valence-electron chi connectivity index (χ3n) is 1.67. The third kappa shape index (κ3) is 5.84. The predicted molar refractivity (Wildman–Crippen MR) is 76.7 cm³/mol. The highest BCUT2D eigenvalue weighted by molar-refractivity contribution is 8.36. The molecule has 0 saturated heterocycles. The van der Waals surface area contributed by atoms with Crippen molar-refractivity contribution in [3.8, 4) is 0 Å². The summed E-state index contributed by atoms with van der Waals surface area (Å²) in [5, 5.41) is 0.991. The summed E-state index contributed by atoms with van der Waals surface area (Å²) in [7, 11) is 0.944. The van der Waals surface area contributed by atoms with Crippen LogP contribution in [0.4, 0.5) is 0 Å². The van der Waals surface area contributed by atoms with E-state index in [4.69, 9.17) is 0 Å².